The highest BCUT2D eigenvalue weighted by molar-refractivity contribution is 7.13. The molecule has 0 radical (unpaired) electrons. The maximum atomic E-state index is 10.5. The molecule has 1 unspecified atom stereocenters. The second-order valence-corrected chi connectivity index (χ2v) is 4.73. The van der Waals surface area contributed by atoms with Crippen LogP contribution in [0.4, 0.5) is 0 Å². The molecule has 2 heteroatoms. The molecule has 1 nitrogen and oxygen atoms in total. The van der Waals surface area contributed by atoms with E-state index in [1.807, 2.05) is 0 Å². The van der Waals surface area contributed by atoms with E-state index in [0.29, 0.717) is 0 Å². The van der Waals surface area contributed by atoms with Gasteiger partial charge in [0.2, 0.25) is 0 Å². The first-order chi connectivity index (χ1) is 5.79. The Morgan fingerprint density at radius 2 is 2.50 bits per heavy atom. The molecular formula is C10H12OS. The summed E-state index contributed by atoms with van der Waals surface area (Å²) in [7, 11) is 0. The van der Waals surface area contributed by atoms with Crippen LogP contribution in [-0.2, 0) is 12.8 Å². The largest absolute Gasteiger partial charge is 0.297 e. The second kappa shape index (κ2) is 3.02. The van der Waals surface area contributed by atoms with E-state index < -0.39 is 0 Å². The van der Waals surface area contributed by atoms with Gasteiger partial charge in [0.05, 0.1) is 4.88 Å². The quantitative estimate of drug-likeness (QED) is 0.607. The standard InChI is InChI=1S/C10H12OS/c1-7-2-3-10-8(4-7)5-9(6-11)12-10/h5-7H,2-4H2,1H3. The lowest BCUT2D eigenvalue weighted by Gasteiger charge is -2.16. The summed E-state index contributed by atoms with van der Waals surface area (Å²) in [6.07, 6.45) is 4.59. The van der Waals surface area contributed by atoms with Crippen LogP contribution in [0.1, 0.15) is 33.5 Å². The van der Waals surface area contributed by atoms with Crippen molar-refractivity contribution in [3.05, 3.63) is 21.4 Å². The van der Waals surface area contributed by atoms with Crippen LogP contribution >= 0.6 is 11.3 Å². The summed E-state index contributed by atoms with van der Waals surface area (Å²) in [6, 6.07) is 2.06. The molecule has 0 N–H and O–H groups in total. The van der Waals surface area contributed by atoms with Crippen molar-refractivity contribution in [2.45, 2.75) is 26.2 Å². The molecule has 0 saturated carbocycles. The van der Waals surface area contributed by atoms with E-state index in [1.165, 1.54) is 29.7 Å². The predicted octanol–water partition coefficient (Wildman–Crippen LogP) is 2.69. The van der Waals surface area contributed by atoms with Gasteiger partial charge < -0.3 is 0 Å². The molecule has 0 saturated heterocycles. The maximum Gasteiger partial charge on any atom is 0.160 e. The van der Waals surface area contributed by atoms with Gasteiger partial charge >= 0.3 is 0 Å². The molecule has 0 bridgehead atoms. The van der Waals surface area contributed by atoms with E-state index in [9.17, 15) is 4.79 Å². The third-order valence-corrected chi connectivity index (χ3v) is 3.63. The molecule has 1 aliphatic carbocycles. The highest BCUT2D eigenvalue weighted by Gasteiger charge is 2.17. The number of aryl methyl sites for hydroxylation is 1. The fraction of sp³-hybridized carbons (Fsp3) is 0.500. The van der Waals surface area contributed by atoms with Gasteiger partial charge in [-0.3, -0.25) is 4.79 Å². The fourth-order valence-corrected chi connectivity index (χ4v) is 2.81. The molecular weight excluding hydrogens is 168 g/mol. The molecule has 2 rings (SSSR count). The summed E-state index contributed by atoms with van der Waals surface area (Å²) >= 11 is 1.67. The van der Waals surface area contributed by atoms with Crippen molar-refractivity contribution in [3.8, 4) is 0 Å². The molecule has 0 aromatic carbocycles. The molecule has 1 heterocycles. The average molecular weight is 180 g/mol. The number of carbonyl (C=O) groups excluding carboxylic acids is 1. The SMILES string of the molecule is CC1CCc2sc(C=O)cc2C1. The van der Waals surface area contributed by atoms with Gasteiger partial charge in [-0.25, -0.2) is 0 Å². The molecule has 0 amide bonds. The van der Waals surface area contributed by atoms with Crippen LogP contribution in [0.2, 0.25) is 0 Å². The monoisotopic (exact) mass is 180 g/mol. The minimum Gasteiger partial charge on any atom is -0.297 e. The summed E-state index contributed by atoms with van der Waals surface area (Å²) < 4.78 is 0. The molecule has 64 valence electrons. The minimum atomic E-state index is 0.798. The zero-order chi connectivity index (χ0) is 8.55. The lowest BCUT2D eigenvalue weighted by molar-refractivity contribution is 0.112. The lowest BCUT2D eigenvalue weighted by atomic mass is 9.90. The van der Waals surface area contributed by atoms with Crippen LogP contribution in [0.25, 0.3) is 0 Å². The van der Waals surface area contributed by atoms with Crippen LogP contribution in [0.15, 0.2) is 6.07 Å². The summed E-state index contributed by atoms with van der Waals surface area (Å²) in [5, 5.41) is 0. The first-order valence-corrected chi connectivity index (χ1v) is 5.18. The summed E-state index contributed by atoms with van der Waals surface area (Å²) in [5.74, 6) is 0.798. The zero-order valence-corrected chi connectivity index (χ0v) is 7.99. The Bertz CT molecular complexity index is 301. The minimum absolute atomic E-state index is 0.798. The van der Waals surface area contributed by atoms with E-state index in [0.717, 1.165) is 17.1 Å². The first-order valence-electron chi connectivity index (χ1n) is 4.36. The second-order valence-electron chi connectivity index (χ2n) is 3.56. The van der Waals surface area contributed by atoms with Gasteiger partial charge in [-0.05, 0) is 36.8 Å². The van der Waals surface area contributed by atoms with Gasteiger partial charge in [0.15, 0.2) is 6.29 Å². The van der Waals surface area contributed by atoms with Crippen molar-refractivity contribution in [2.75, 3.05) is 0 Å². The van der Waals surface area contributed by atoms with Gasteiger partial charge in [-0.2, -0.15) is 0 Å². The predicted molar refractivity (Wildman–Crippen MR) is 50.9 cm³/mol. The molecule has 1 aromatic rings. The zero-order valence-electron chi connectivity index (χ0n) is 7.17. The topological polar surface area (TPSA) is 17.1 Å². The number of fused-ring (bicyclic) bond motifs is 1. The van der Waals surface area contributed by atoms with Crippen molar-refractivity contribution < 1.29 is 4.79 Å². The van der Waals surface area contributed by atoms with Crippen LogP contribution in [0, 0.1) is 5.92 Å². The van der Waals surface area contributed by atoms with Crippen LogP contribution in [-0.4, -0.2) is 6.29 Å². The fourth-order valence-electron chi connectivity index (χ4n) is 1.79. The Balaban J connectivity index is 2.34. The molecule has 1 aromatic heterocycles. The highest BCUT2D eigenvalue weighted by atomic mass is 32.1. The number of carbonyl (C=O) groups is 1. The van der Waals surface area contributed by atoms with E-state index >= 15 is 0 Å². The maximum absolute atomic E-state index is 10.5. The third kappa shape index (κ3) is 1.31. The Kier molecular flexibility index (Phi) is 2.01. The Morgan fingerprint density at radius 1 is 1.67 bits per heavy atom. The Hall–Kier alpha value is -0.630. The number of hydrogen-bond donors (Lipinski definition) is 0. The Morgan fingerprint density at radius 3 is 3.25 bits per heavy atom. The normalized spacial score (nSPS) is 21.9. The van der Waals surface area contributed by atoms with E-state index in [4.69, 9.17) is 0 Å². The van der Waals surface area contributed by atoms with Crippen molar-refractivity contribution in [2.24, 2.45) is 5.92 Å². The van der Waals surface area contributed by atoms with Gasteiger partial charge in [0, 0.05) is 4.88 Å². The molecule has 12 heavy (non-hydrogen) atoms. The summed E-state index contributed by atoms with van der Waals surface area (Å²) in [4.78, 5) is 12.9. The highest BCUT2D eigenvalue weighted by Crippen LogP contribution is 2.31. The molecule has 0 spiro atoms. The van der Waals surface area contributed by atoms with Crippen molar-refractivity contribution >= 4 is 17.6 Å². The number of hydrogen-bond acceptors (Lipinski definition) is 2. The lowest BCUT2D eigenvalue weighted by Crippen LogP contribution is -2.07. The number of rotatable bonds is 1. The van der Waals surface area contributed by atoms with Crippen molar-refractivity contribution in [1.82, 2.24) is 0 Å². The van der Waals surface area contributed by atoms with E-state index in [2.05, 4.69) is 13.0 Å². The molecule has 1 aliphatic rings. The number of thiophene rings is 1. The van der Waals surface area contributed by atoms with Gasteiger partial charge in [-0.15, -0.1) is 11.3 Å². The van der Waals surface area contributed by atoms with Crippen LogP contribution in [0.5, 0.6) is 0 Å². The van der Waals surface area contributed by atoms with Gasteiger partial charge in [0.25, 0.3) is 0 Å². The summed E-state index contributed by atoms with van der Waals surface area (Å²) in [5.41, 5.74) is 1.42. The third-order valence-electron chi connectivity index (χ3n) is 2.46. The van der Waals surface area contributed by atoms with Crippen LogP contribution < -0.4 is 0 Å². The first kappa shape index (κ1) is 7.99. The van der Waals surface area contributed by atoms with E-state index in [1.54, 1.807) is 11.3 Å². The average Bonchev–Trinajstić information content (AvgIpc) is 2.46. The van der Waals surface area contributed by atoms with Crippen LogP contribution in [0.3, 0.4) is 0 Å². The van der Waals surface area contributed by atoms with E-state index in [-0.39, 0.29) is 0 Å². The van der Waals surface area contributed by atoms with Gasteiger partial charge in [0.1, 0.15) is 0 Å². The Labute approximate surface area is 76.4 Å². The molecule has 1 atom stereocenters. The smallest absolute Gasteiger partial charge is 0.160 e. The summed E-state index contributed by atoms with van der Waals surface area (Å²) in [6.45, 7) is 2.28. The molecule has 0 fully saturated rings. The molecule has 0 aliphatic heterocycles. The van der Waals surface area contributed by atoms with Crippen molar-refractivity contribution in [3.63, 3.8) is 0 Å². The number of aldehydes is 1. The van der Waals surface area contributed by atoms with Gasteiger partial charge in [-0.1, -0.05) is 6.92 Å². The van der Waals surface area contributed by atoms with Crippen molar-refractivity contribution in [1.29, 1.82) is 0 Å².